The van der Waals surface area contributed by atoms with Crippen LogP contribution in [0.25, 0.3) is 0 Å². The maximum Gasteiger partial charge on any atom is 0.241 e. The van der Waals surface area contributed by atoms with E-state index in [1.807, 2.05) is 30.3 Å². The third kappa shape index (κ3) is 4.81. The summed E-state index contributed by atoms with van der Waals surface area (Å²) in [6, 6.07) is 16.8. The van der Waals surface area contributed by atoms with E-state index in [0.717, 1.165) is 37.4 Å². The van der Waals surface area contributed by atoms with Gasteiger partial charge in [-0.1, -0.05) is 30.3 Å². The second-order valence-corrected chi connectivity index (χ2v) is 6.56. The van der Waals surface area contributed by atoms with E-state index in [0.29, 0.717) is 13.1 Å². The molecule has 3 rings (SSSR count). The molecule has 1 N–H and O–H groups in total. The molecule has 2 aromatic carbocycles. The molecule has 132 valence electrons. The molecule has 5 nitrogen and oxygen atoms in total. The summed E-state index contributed by atoms with van der Waals surface area (Å²) >= 11 is 0. The van der Waals surface area contributed by atoms with Gasteiger partial charge >= 0.3 is 0 Å². The lowest BCUT2D eigenvalue weighted by molar-refractivity contribution is -0.120. The Morgan fingerprint density at radius 1 is 1.00 bits per heavy atom. The van der Waals surface area contributed by atoms with E-state index >= 15 is 0 Å². The fraction of sp³-hybridized carbons (Fsp3) is 0.350. The standard InChI is InChI=1S/C20H25N3O2/c1-21-11-13-22(14-12-21)16-20(25)23(15-17-5-3-2-4-6-17)18-7-9-19(24)10-8-18/h2-10,24H,11-16H2,1H3. The second kappa shape index (κ2) is 8.14. The van der Waals surface area contributed by atoms with Crippen LogP contribution in [0.15, 0.2) is 54.6 Å². The van der Waals surface area contributed by atoms with Gasteiger partial charge in [0.2, 0.25) is 5.91 Å². The van der Waals surface area contributed by atoms with Crippen LogP contribution in [0, 0.1) is 0 Å². The Kier molecular flexibility index (Phi) is 5.68. The third-order valence-corrected chi connectivity index (χ3v) is 4.60. The Morgan fingerprint density at radius 2 is 1.64 bits per heavy atom. The molecule has 0 atom stereocenters. The van der Waals surface area contributed by atoms with Gasteiger partial charge in [0.05, 0.1) is 13.1 Å². The lowest BCUT2D eigenvalue weighted by Crippen LogP contribution is -2.48. The van der Waals surface area contributed by atoms with Crippen molar-refractivity contribution in [3.63, 3.8) is 0 Å². The lowest BCUT2D eigenvalue weighted by Gasteiger charge is -2.33. The van der Waals surface area contributed by atoms with Gasteiger partial charge in [0.15, 0.2) is 0 Å². The summed E-state index contributed by atoms with van der Waals surface area (Å²) in [6.07, 6.45) is 0. The highest BCUT2D eigenvalue weighted by Gasteiger charge is 2.21. The van der Waals surface area contributed by atoms with E-state index < -0.39 is 0 Å². The van der Waals surface area contributed by atoms with Gasteiger partial charge in [0.1, 0.15) is 5.75 Å². The minimum atomic E-state index is 0.0825. The Labute approximate surface area is 149 Å². The van der Waals surface area contributed by atoms with E-state index in [-0.39, 0.29) is 11.7 Å². The molecule has 1 heterocycles. The summed E-state index contributed by atoms with van der Waals surface area (Å²) in [5, 5.41) is 9.54. The second-order valence-electron chi connectivity index (χ2n) is 6.56. The van der Waals surface area contributed by atoms with Crippen molar-refractivity contribution in [2.75, 3.05) is 44.7 Å². The molecule has 2 aromatic rings. The molecule has 0 aliphatic carbocycles. The normalized spacial score (nSPS) is 15.9. The molecule has 0 spiro atoms. The highest BCUT2D eigenvalue weighted by Crippen LogP contribution is 2.21. The smallest absolute Gasteiger partial charge is 0.241 e. The minimum absolute atomic E-state index is 0.0825. The molecule has 0 radical (unpaired) electrons. The molecule has 1 aliphatic heterocycles. The summed E-state index contributed by atoms with van der Waals surface area (Å²) in [5.74, 6) is 0.286. The summed E-state index contributed by atoms with van der Waals surface area (Å²) in [7, 11) is 2.11. The Hall–Kier alpha value is -2.37. The maximum absolute atomic E-state index is 13.0. The van der Waals surface area contributed by atoms with Crippen molar-refractivity contribution in [3.8, 4) is 5.75 Å². The minimum Gasteiger partial charge on any atom is -0.508 e. The van der Waals surface area contributed by atoms with Gasteiger partial charge in [-0.15, -0.1) is 0 Å². The van der Waals surface area contributed by atoms with Gasteiger partial charge in [0, 0.05) is 31.9 Å². The van der Waals surface area contributed by atoms with Gasteiger partial charge < -0.3 is 14.9 Å². The molecule has 0 saturated carbocycles. The number of hydrogen-bond donors (Lipinski definition) is 1. The van der Waals surface area contributed by atoms with Crippen LogP contribution < -0.4 is 4.90 Å². The summed E-state index contributed by atoms with van der Waals surface area (Å²) in [4.78, 5) is 19.3. The first-order valence-electron chi connectivity index (χ1n) is 8.66. The number of nitrogens with zero attached hydrogens (tertiary/aromatic N) is 3. The van der Waals surface area contributed by atoms with Crippen molar-refractivity contribution < 1.29 is 9.90 Å². The van der Waals surface area contributed by atoms with Gasteiger partial charge in [-0.2, -0.15) is 0 Å². The zero-order valence-electron chi connectivity index (χ0n) is 14.6. The van der Waals surface area contributed by atoms with E-state index in [1.165, 1.54) is 0 Å². The van der Waals surface area contributed by atoms with Gasteiger partial charge in [-0.3, -0.25) is 9.69 Å². The molecule has 1 saturated heterocycles. The van der Waals surface area contributed by atoms with Crippen molar-refractivity contribution in [1.82, 2.24) is 9.80 Å². The molecule has 5 heteroatoms. The topological polar surface area (TPSA) is 47.0 Å². The van der Waals surface area contributed by atoms with Crippen molar-refractivity contribution >= 4 is 11.6 Å². The fourth-order valence-electron chi connectivity index (χ4n) is 3.00. The quantitative estimate of drug-likeness (QED) is 0.907. The van der Waals surface area contributed by atoms with Crippen LogP contribution >= 0.6 is 0 Å². The number of phenols is 1. The zero-order valence-corrected chi connectivity index (χ0v) is 14.6. The number of carbonyl (C=O) groups is 1. The largest absolute Gasteiger partial charge is 0.508 e. The molecule has 25 heavy (non-hydrogen) atoms. The van der Waals surface area contributed by atoms with Crippen LogP contribution in [0.1, 0.15) is 5.56 Å². The van der Waals surface area contributed by atoms with Gasteiger partial charge in [-0.25, -0.2) is 0 Å². The first-order chi connectivity index (χ1) is 12.1. The monoisotopic (exact) mass is 339 g/mol. The highest BCUT2D eigenvalue weighted by molar-refractivity contribution is 5.94. The average Bonchev–Trinajstić information content (AvgIpc) is 2.63. The fourth-order valence-corrected chi connectivity index (χ4v) is 3.00. The van der Waals surface area contributed by atoms with E-state index in [4.69, 9.17) is 0 Å². The molecule has 0 unspecified atom stereocenters. The molecule has 1 amide bonds. The Bertz CT molecular complexity index is 680. The molecular formula is C20H25N3O2. The third-order valence-electron chi connectivity index (χ3n) is 4.60. The van der Waals surface area contributed by atoms with Gasteiger partial charge in [0.25, 0.3) is 0 Å². The molecule has 0 bridgehead atoms. The van der Waals surface area contributed by atoms with Crippen LogP contribution in [0.4, 0.5) is 5.69 Å². The number of amides is 1. The number of benzene rings is 2. The number of piperazine rings is 1. The Balaban J connectivity index is 1.75. The SMILES string of the molecule is CN1CCN(CC(=O)N(Cc2ccccc2)c2ccc(O)cc2)CC1. The van der Waals surface area contributed by atoms with Crippen molar-refractivity contribution in [2.45, 2.75) is 6.54 Å². The number of carbonyl (C=O) groups excluding carboxylic acids is 1. The predicted octanol–water partition coefficient (Wildman–Crippen LogP) is 2.17. The molecule has 1 fully saturated rings. The number of rotatable bonds is 5. The number of anilines is 1. The number of likely N-dealkylation sites (N-methyl/N-ethyl adjacent to an activating group) is 1. The van der Waals surface area contributed by atoms with Crippen LogP contribution in [0.2, 0.25) is 0 Å². The first-order valence-corrected chi connectivity index (χ1v) is 8.66. The highest BCUT2D eigenvalue weighted by atomic mass is 16.3. The molecule has 1 aliphatic rings. The van der Waals surface area contributed by atoms with Crippen LogP contribution in [0.5, 0.6) is 5.75 Å². The van der Waals surface area contributed by atoms with Crippen LogP contribution in [-0.2, 0) is 11.3 Å². The Morgan fingerprint density at radius 3 is 2.28 bits per heavy atom. The summed E-state index contributed by atoms with van der Waals surface area (Å²) < 4.78 is 0. The molecular weight excluding hydrogens is 314 g/mol. The predicted molar refractivity (Wildman–Crippen MR) is 99.7 cm³/mol. The van der Waals surface area contributed by atoms with Crippen molar-refractivity contribution in [3.05, 3.63) is 60.2 Å². The lowest BCUT2D eigenvalue weighted by atomic mass is 10.2. The average molecular weight is 339 g/mol. The van der Waals surface area contributed by atoms with Crippen molar-refractivity contribution in [1.29, 1.82) is 0 Å². The molecule has 0 aromatic heterocycles. The number of phenolic OH excluding ortho intramolecular Hbond substituents is 1. The van der Waals surface area contributed by atoms with Crippen LogP contribution in [-0.4, -0.2) is 60.6 Å². The first kappa shape index (κ1) is 17.5. The summed E-state index contributed by atoms with van der Waals surface area (Å²) in [6.45, 7) is 4.75. The van der Waals surface area contributed by atoms with Gasteiger partial charge in [-0.05, 0) is 36.9 Å². The zero-order chi connectivity index (χ0) is 17.6. The number of hydrogen-bond acceptors (Lipinski definition) is 4. The maximum atomic E-state index is 13.0. The van der Waals surface area contributed by atoms with Crippen LogP contribution in [0.3, 0.4) is 0 Å². The van der Waals surface area contributed by atoms with E-state index in [9.17, 15) is 9.90 Å². The van der Waals surface area contributed by atoms with Crippen molar-refractivity contribution in [2.24, 2.45) is 0 Å². The number of aromatic hydroxyl groups is 1. The van der Waals surface area contributed by atoms with E-state index in [1.54, 1.807) is 29.2 Å². The van der Waals surface area contributed by atoms with E-state index in [2.05, 4.69) is 16.8 Å². The summed E-state index contributed by atoms with van der Waals surface area (Å²) in [5.41, 5.74) is 1.89.